The van der Waals surface area contributed by atoms with Crippen LogP contribution in [0.3, 0.4) is 0 Å². The molecule has 5 rings (SSSR count). The summed E-state index contributed by atoms with van der Waals surface area (Å²) in [6, 6.07) is 30.5. The van der Waals surface area contributed by atoms with Gasteiger partial charge in [-0.15, -0.1) is 11.3 Å². The van der Waals surface area contributed by atoms with E-state index in [4.69, 9.17) is 16.3 Å². The second kappa shape index (κ2) is 9.60. The Balaban J connectivity index is 1.88. The lowest BCUT2D eigenvalue weighted by Gasteiger charge is -2.16. The van der Waals surface area contributed by atoms with Crippen LogP contribution in [-0.2, 0) is 10.9 Å². The molecule has 0 bridgehead atoms. The largest absolute Gasteiger partial charge is 0.487 e. The first-order valence-corrected chi connectivity index (χ1v) is 13.3. The van der Waals surface area contributed by atoms with E-state index in [1.165, 1.54) is 9.79 Å². The lowest BCUT2D eigenvalue weighted by molar-refractivity contribution is 0.314. The summed E-state index contributed by atoms with van der Waals surface area (Å²) in [5.41, 5.74) is -0.0449. The van der Waals surface area contributed by atoms with Crippen LogP contribution < -0.4 is 10.2 Å². The number of fused-ring (bicyclic) bond motifs is 2. The monoisotopic (exact) mass is 489 g/mol. The van der Waals surface area contributed by atoms with Gasteiger partial charge in [0.25, 0.3) is 0 Å². The minimum atomic E-state index is -0.441. The van der Waals surface area contributed by atoms with Crippen molar-refractivity contribution >= 4 is 54.0 Å². The summed E-state index contributed by atoms with van der Waals surface area (Å²) in [4.78, 5) is 16.8. The van der Waals surface area contributed by atoms with Crippen molar-refractivity contribution in [1.29, 1.82) is 0 Å². The SMILES string of the molecule is CCCOc1c([S+](c2ccccc2)c2ccccc2)cc(Cl)c2c(=O)c3ccccc3sc12. The predicted octanol–water partition coefficient (Wildman–Crippen LogP) is 7.95. The van der Waals surface area contributed by atoms with E-state index in [2.05, 4.69) is 55.5 Å². The maximum atomic E-state index is 13.4. The van der Waals surface area contributed by atoms with E-state index >= 15 is 0 Å². The van der Waals surface area contributed by atoms with Crippen LogP contribution in [-0.4, -0.2) is 6.61 Å². The van der Waals surface area contributed by atoms with Gasteiger partial charge in [-0.3, -0.25) is 4.79 Å². The van der Waals surface area contributed by atoms with Crippen LogP contribution in [0.2, 0.25) is 5.02 Å². The number of halogens is 1. The van der Waals surface area contributed by atoms with Gasteiger partial charge < -0.3 is 4.74 Å². The van der Waals surface area contributed by atoms with Gasteiger partial charge in [0.2, 0.25) is 4.90 Å². The van der Waals surface area contributed by atoms with Crippen LogP contribution in [0.1, 0.15) is 13.3 Å². The molecule has 164 valence electrons. The molecule has 2 nitrogen and oxygen atoms in total. The zero-order valence-electron chi connectivity index (χ0n) is 18.1. The zero-order valence-corrected chi connectivity index (χ0v) is 20.5. The Kier molecular flexibility index (Phi) is 6.41. The van der Waals surface area contributed by atoms with Crippen molar-refractivity contribution in [1.82, 2.24) is 0 Å². The highest BCUT2D eigenvalue weighted by atomic mass is 35.5. The molecule has 0 saturated heterocycles. The summed E-state index contributed by atoms with van der Waals surface area (Å²) in [5.74, 6) is 0.764. The van der Waals surface area contributed by atoms with Crippen LogP contribution in [0, 0.1) is 0 Å². The van der Waals surface area contributed by atoms with Gasteiger partial charge >= 0.3 is 0 Å². The van der Waals surface area contributed by atoms with Gasteiger partial charge in [-0.2, -0.15) is 0 Å². The number of hydrogen-bond donors (Lipinski definition) is 0. The van der Waals surface area contributed by atoms with Crippen LogP contribution in [0.25, 0.3) is 20.2 Å². The first kappa shape index (κ1) is 22.0. The van der Waals surface area contributed by atoms with Crippen molar-refractivity contribution in [3.05, 3.63) is 106 Å². The summed E-state index contributed by atoms with van der Waals surface area (Å²) in [6.07, 6.45) is 0.872. The Morgan fingerprint density at radius 1 is 0.879 bits per heavy atom. The molecular weight excluding hydrogens is 468 g/mol. The third-order valence-corrected chi connectivity index (χ3v) is 9.05. The van der Waals surface area contributed by atoms with Gasteiger partial charge in [-0.1, -0.05) is 67.1 Å². The molecule has 5 heteroatoms. The highest BCUT2D eigenvalue weighted by Crippen LogP contribution is 2.45. The summed E-state index contributed by atoms with van der Waals surface area (Å²) >= 11 is 8.42. The van der Waals surface area contributed by atoms with Crippen molar-refractivity contribution in [2.24, 2.45) is 0 Å². The Morgan fingerprint density at radius 3 is 2.12 bits per heavy atom. The Morgan fingerprint density at radius 2 is 1.48 bits per heavy atom. The van der Waals surface area contributed by atoms with Gasteiger partial charge in [0.15, 0.2) is 21.0 Å². The van der Waals surface area contributed by atoms with E-state index in [-0.39, 0.29) is 5.43 Å². The molecule has 33 heavy (non-hydrogen) atoms. The average molecular weight is 490 g/mol. The van der Waals surface area contributed by atoms with Gasteiger partial charge in [-0.25, -0.2) is 0 Å². The molecule has 4 aromatic carbocycles. The number of hydrogen-bond acceptors (Lipinski definition) is 3. The summed E-state index contributed by atoms with van der Waals surface area (Å²) < 4.78 is 8.15. The van der Waals surface area contributed by atoms with Crippen molar-refractivity contribution in [2.75, 3.05) is 6.61 Å². The van der Waals surface area contributed by atoms with E-state index in [9.17, 15) is 4.79 Å². The zero-order chi connectivity index (χ0) is 22.8. The van der Waals surface area contributed by atoms with Crippen molar-refractivity contribution in [3.8, 4) is 5.75 Å². The molecule has 0 N–H and O–H groups in total. The lowest BCUT2D eigenvalue weighted by Crippen LogP contribution is -2.10. The number of ether oxygens (including phenoxy) is 1. The molecule has 1 heterocycles. The van der Waals surface area contributed by atoms with Gasteiger partial charge in [0.05, 0.1) is 21.7 Å². The van der Waals surface area contributed by atoms with E-state index < -0.39 is 10.9 Å². The average Bonchev–Trinajstić information content (AvgIpc) is 2.85. The molecule has 0 amide bonds. The van der Waals surface area contributed by atoms with Gasteiger partial charge in [-0.05, 0) is 42.8 Å². The quantitative estimate of drug-likeness (QED) is 0.178. The summed E-state index contributed by atoms with van der Waals surface area (Å²) in [5, 5.41) is 1.70. The highest BCUT2D eigenvalue weighted by Gasteiger charge is 2.35. The van der Waals surface area contributed by atoms with Crippen molar-refractivity contribution in [3.63, 3.8) is 0 Å². The topological polar surface area (TPSA) is 26.3 Å². The van der Waals surface area contributed by atoms with Crippen LogP contribution in [0.4, 0.5) is 0 Å². The Hall–Kier alpha value is -2.79. The molecule has 0 radical (unpaired) electrons. The van der Waals surface area contributed by atoms with Crippen LogP contribution >= 0.6 is 22.9 Å². The molecule has 0 spiro atoms. The standard InChI is InChI=1S/C28H22ClO2S2/c1-2-17-31-27-24(33(19-11-5-3-6-12-19)20-13-7-4-8-14-20)18-22(29)25-26(30)21-15-9-10-16-23(21)32-28(25)27/h3-16,18H,2,17H2,1H3/q+1. The molecule has 0 aliphatic heterocycles. The minimum Gasteiger partial charge on any atom is -0.487 e. The molecule has 5 aromatic rings. The van der Waals surface area contributed by atoms with E-state index in [1.54, 1.807) is 11.3 Å². The normalized spacial score (nSPS) is 11.4. The van der Waals surface area contributed by atoms with Crippen LogP contribution in [0.15, 0.2) is 110 Å². The summed E-state index contributed by atoms with van der Waals surface area (Å²) in [7, 11) is -0.441. The third-order valence-electron chi connectivity index (χ3n) is 5.35. The van der Waals surface area contributed by atoms with Crippen LogP contribution in [0.5, 0.6) is 5.75 Å². The third kappa shape index (κ3) is 4.15. The minimum absolute atomic E-state index is 0.0449. The highest BCUT2D eigenvalue weighted by molar-refractivity contribution is 7.97. The molecular formula is C28H22ClO2S2+. The molecule has 0 atom stereocenters. The molecule has 0 unspecified atom stereocenters. The summed E-state index contributed by atoms with van der Waals surface area (Å²) in [6.45, 7) is 2.65. The second-order valence-electron chi connectivity index (χ2n) is 7.60. The fourth-order valence-corrected chi connectivity index (χ4v) is 7.78. The molecule has 0 aliphatic rings. The van der Waals surface area contributed by atoms with Crippen molar-refractivity contribution < 1.29 is 4.74 Å². The maximum absolute atomic E-state index is 13.4. The smallest absolute Gasteiger partial charge is 0.211 e. The molecule has 0 fully saturated rings. The predicted molar refractivity (Wildman–Crippen MR) is 141 cm³/mol. The Labute approximate surface area is 204 Å². The fraction of sp³-hybridized carbons (Fsp3) is 0.107. The number of rotatable bonds is 6. The van der Waals surface area contributed by atoms with Gasteiger partial charge in [0, 0.05) is 16.2 Å². The lowest BCUT2D eigenvalue weighted by atomic mass is 10.1. The van der Waals surface area contributed by atoms with Gasteiger partial charge in [0.1, 0.15) is 10.9 Å². The first-order valence-electron chi connectivity index (χ1n) is 10.8. The Bertz CT molecular complexity index is 1440. The van der Waals surface area contributed by atoms with E-state index in [1.807, 2.05) is 42.5 Å². The van der Waals surface area contributed by atoms with Crippen molar-refractivity contribution in [2.45, 2.75) is 28.0 Å². The fourth-order valence-electron chi connectivity index (χ4n) is 3.88. The first-order chi connectivity index (χ1) is 16.2. The molecule has 0 saturated carbocycles. The molecule has 0 aliphatic carbocycles. The maximum Gasteiger partial charge on any atom is 0.211 e. The van der Waals surface area contributed by atoms with E-state index in [0.29, 0.717) is 22.4 Å². The molecule has 1 aromatic heterocycles. The second-order valence-corrected chi connectivity index (χ2v) is 11.1. The van der Waals surface area contributed by atoms with E-state index in [0.717, 1.165) is 26.5 Å². The number of benzene rings is 4.